The number of hydrogen-bond acceptors (Lipinski definition) is 4. The van der Waals surface area contributed by atoms with Crippen molar-refractivity contribution in [2.75, 3.05) is 24.4 Å². The van der Waals surface area contributed by atoms with E-state index < -0.39 is 10.0 Å². The number of ether oxygens (including phenoxy) is 1. The SMILES string of the molecule is CCN(CC)C(=O)COc1ccc(S(=O)(=O)Nc2ccc(Cl)c(Cl)c2)cc1. The fraction of sp³-hybridized carbons (Fsp3) is 0.278. The Kier molecular flexibility index (Phi) is 7.35. The first-order chi connectivity index (χ1) is 12.8. The minimum absolute atomic E-state index is 0.0518. The summed E-state index contributed by atoms with van der Waals surface area (Å²) in [6, 6.07) is 10.2. The van der Waals surface area contributed by atoms with Crippen LogP contribution in [0.4, 0.5) is 5.69 Å². The second-order valence-corrected chi connectivity index (χ2v) is 8.06. The minimum Gasteiger partial charge on any atom is -0.484 e. The van der Waals surface area contributed by atoms with Gasteiger partial charge in [0.15, 0.2) is 6.61 Å². The largest absolute Gasteiger partial charge is 0.484 e. The summed E-state index contributed by atoms with van der Waals surface area (Å²) in [4.78, 5) is 13.6. The van der Waals surface area contributed by atoms with E-state index in [4.69, 9.17) is 27.9 Å². The number of nitrogens with one attached hydrogen (secondary N) is 1. The molecule has 6 nitrogen and oxygen atoms in total. The summed E-state index contributed by atoms with van der Waals surface area (Å²) in [5.41, 5.74) is 0.301. The molecule has 1 amide bonds. The first kappa shape index (κ1) is 21.3. The molecule has 9 heteroatoms. The van der Waals surface area contributed by atoms with Gasteiger partial charge in [0.05, 0.1) is 20.6 Å². The van der Waals surface area contributed by atoms with Crippen molar-refractivity contribution in [3.63, 3.8) is 0 Å². The molecule has 0 bridgehead atoms. The molecular formula is C18H20Cl2N2O4S. The van der Waals surface area contributed by atoms with Crippen molar-refractivity contribution in [3.05, 3.63) is 52.5 Å². The summed E-state index contributed by atoms with van der Waals surface area (Å²) in [6.45, 7) is 4.89. The summed E-state index contributed by atoms with van der Waals surface area (Å²) >= 11 is 11.7. The van der Waals surface area contributed by atoms with Crippen LogP contribution >= 0.6 is 23.2 Å². The highest BCUT2D eigenvalue weighted by Gasteiger charge is 2.15. The van der Waals surface area contributed by atoms with Crippen molar-refractivity contribution >= 4 is 44.8 Å². The van der Waals surface area contributed by atoms with Gasteiger partial charge in [0.1, 0.15) is 5.75 Å². The van der Waals surface area contributed by atoms with Crippen LogP contribution in [0.15, 0.2) is 47.4 Å². The van der Waals surface area contributed by atoms with Crippen molar-refractivity contribution in [2.24, 2.45) is 0 Å². The molecule has 0 spiro atoms. The number of rotatable bonds is 8. The topological polar surface area (TPSA) is 75.7 Å². The number of sulfonamides is 1. The molecule has 1 N–H and O–H groups in total. The Bertz CT molecular complexity index is 898. The molecule has 0 saturated heterocycles. The Morgan fingerprint density at radius 1 is 1.04 bits per heavy atom. The molecule has 0 saturated carbocycles. The Labute approximate surface area is 169 Å². The maximum Gasteiger partial charge on any atom is 0.261 e. The lowest BCUT2D eigenvalue weighted by molar-refractivity contribution is -0.132. The number of hydrogen-bond donors (Lipinski definition) is 1. The zero-order valence-corrected chi connectivity index (χ0v) is 17.2. The fourth-order valence-electron chi connectivity index (χ4n) is 2.30. The van der Waals surface area contributed by atoms with Gasteiger partial charge in [-0.05, 0) is 56.3 Å². The zero-order chi connectivity index (χ0) is 20.0. The summed E-state index contributed by atoms with van der Waals surface area (Å²) in [7, 11) is -3.79. The molecule has 0 aliphatic carbocycles. The van der Waals surface area contributed by atoms with Crippen molar-refractivity contribution < 1.29 is 17.9 Å². The molecule has 0 atom stereocenters. The lowest BCUT2D eigenvalue weighted by Gasteiger charge is -2.18. The smallest absolute Gasteiger partial charge is 0.261 e. The quantitative estimate of drug-likeness (QED) is 0.685. The van der Waals surface area contributed by atoms with Crippen LogP contribution in [0.5, 0.6) is 5.75 Å². The molecule has 0 aliphatic rings. The Balaban J connectivity index is 2.04. The van der Waals surface area contributed by atoms with Gasteiger partial charge in [-0.1, -0.05) is 23.2 Å². The van der Waals surface area contributed by atoms with Crippen LogP contribution in [0.1, 0.15) is 13.8 Å². The number of benzene rings is 2. The average Bonchev–Trinajstić information content (AvgIpc) is 2.64. The fourth-order valence-corrected chi connectivity index (χ4v) is 3.65. The Hall–Kier alpha value is -1.96. The van der Waals surface area contributed by atoms with E-state index in [1.165, 1.54) is 42.5 Å². The second-order valence-electron chi connectivity index (χ2n) is 5.56. The van der Waals surface area contributed by atoms with Gasteiger partial charge in [-0.25, -0.2) is 8.42 Å². The van der Waals surface area contributed by atoms with Gasteiger partial charge < -0.3 is 9.64 Å². The second kappa shape index (κ2) is 9.30. The molecular weight excluding hydrogens is 411 g/mol. The van der Waals surface area contributed by atoms with E-state index in [0.29, 0.717) is 29.5 Å². The van der Waals surface area contributed by atoms with Crippen molar-refractivity contribution in [1.29, 1.82) is 0 Å². The Morgan fingerprint density at radius 3 is 2.22 bits per heavy atom. The number of nitrogens with zero attached hydrogens (tertiary/aromatic N) is 1. The molecule has 2 aromatic carbocycles. The van der Waals surface area contributed by atoms with Gasteiger partial charge in [0.25, 0.3) is 15.9 Å². The van der Waals surface area contributed by atoms with Gasteiger partial charge in [-0.15, -0.1) is 0 Å². The number of halogens is 2. The predicted molar refractivity (Wildman–Crippen MR) is 107 cm³/mol. The minimum atomic E-state index is -3.79. The van der Waals surface area contributed by atoms with E-state index >= 15 is 0 Å². The molecule has 0 aromatic heterocycles. The highest BCUT2D eigenvalue weighted by molar-refractivity contribution is 7.92. The number of amides is 1. The average molecular weight is 431 g/mol. The predicted octanol–water partition coefficient (Wildman–Crippen LogP) is 4.04. The molecule has 0 radical (unpaired) electrons. The van der Waals surface area contributed by atoms with Crippen LogP contribution in [-0.2, 0) is 14.8 Å². The Morgan fingerprint density at radius 2 is 1.67 bits per heavy atom. The van der Waals surface area contributed by atoms with Crippen LogP contribution in [0.3, 0.4) is 0 Å². The lowest BCUT2D eigenvalue weighted by atomic mass is 10.3. The van der Waals surface area contributed by atoms with Crippen LogP contribution < -0.4 is 9.46 Å². The summed E-state index contributed by atoms with van der Waals surface area (Å²) in [5, 5.41) is 0.582. The van der Waals surface area contributed by atoms with Gasteiger partial charge in [0.2, 0.25) is 0 Å². The van der Waals surface area contributed by atoms with E-state index in [1.807, 2.05) is 13.8 Å². The summed E-state index contributed by atoms with van der Waals surface area (Å²) < 4.78 is 32.8. The first-order valence-electron chi connectivity index (χ1n) is 8.25. The normalized spacial score (nSPS) is 11.1. The summed E-state index contributed by atoms with van der Waals surface area (Å²) in [6.07, 6.45) is 0. The monoisotopic (exact) mass is 430 g/mol. The van der Waals surface area contributed by atoms with Crippen LogP contribution in [-0.4, -0.2) is 38.9 Å². The number of carbonyl (C=O) groups is 1. The van der Waals surface area contributed by atoms with Gasteiger partial charge in [-0.2, -0.15) is 0 Å². The van der Waals surface area contributed by atoms with Gasteiger partial charge in [0, 0.05) is 13.1 Å². The first-order valence-corrected chi connectivity index (χ1v) is 10.5. The van der Waals surface area contributed by atoms with Crippen molar-refractivity contribution in [3.8, 4) is 5.75 Å². The standard InChI is InChI=1S/C18H20Cl2N2O4S/c1-3-22(4-2)18(23)12-26-14-6-8-15(9-7-14)27(24,25)21-13-5-10-16(19)17(20)11-13/h5-11,21H,3-4,12H2,1-2H3. The third kappa shape index (κ3) is 5.76. The summed E-state index contributed by atoms with van der Waals surface area (Å²) in [5.74, 6) is 0.280. The van der Waals surface area contributed by atoms with Crippen molar-refractivity contribution in [1.82, 2.24) is 4.90 Å². The molecule has 2 aromatic rings. The molecule has 27 heavy (non-hydrogen) atoms. The molecule has 0 fully saturated rings. The van der Waals surface area contributed by atoms with Gasteiger partial charge in [-0.3, -0.25) is 9.52 Å². The molecule has 0 heterocycles. The molecule has 0 unspecified atom stereocenters. The van der Waals surface area contributed by atoms with Crippen LogP contribution in [0.2, 0.25) is 10.0 Å². The van der Waals surface area contributed by atoms with E-state index in [9.17, 15) is 13.2 Å². The number of carbonyl (C=O) groups excluding carboxylic acids is 1. The number of anilines is 1. The van der Waals surface area contributed by atoms with Crippen molar-refractivity contribution in [2.45, 2.75) is 18.7 Å². The zero-order valence-electron chi connectivity index (χ0n) is 14.9. The lowest BCUT2D eigenvalue weighted by Crippen LogP contribution is -2.34. The third-order valence-electron chi connectivity index (χ3n) is 3.78. The number of likely N-dealkylation sites (N-methyl/N-ethyl adjacent to an activating group) is 1. The maximum atomic E-state index is 12.5. The van der Waals surface area contributed by atoms with E-state index in [-0.39, 0.29) is 22.4 Å². The van der Waals surface area contributed by atoms with E-state index in [0.717, 1.165) is 0 Å². The maximum absolute atomic E-state index is 12.5. The van der Waals surface area contributed by atoms with E-state index in [2.05, 4.69) is 4.72 Å². The van der Waals surface area contributed by atoms with Crippen LogP contribution in [0.25, 0.3) is 0 Å². The van der Waals surface area contributed by atoms with Crippen LogP contribution in [0, 0.1) is 0 Å². The molecule has 0 aliphatic heterocycles. The molecule has 2 rings (SSSR count). The van der Waals surface area contributed by atoms with E-state index in [1.54, 1.807) is 4.90 Å². The van der Waals surface area contributed by atoms with Gasteiger partial charge >= 0.3 is 0 Å². The third-order valence-corrected chi connectivity index (χ3v) is 5.92. The highest BCUT2D eigenvalue weighted by atomic mass is 35.5. The highest BCUT2D eigenvalue weighted by Crippen LogP contribution is 2.26. The molecule has 146 valence electrons.